The highest BCUT2D eigenvalue weighted by Crippen LogP contribution is 2.19. The highest BCUT2D eigenvalue weighted by atomic mass is 16.6. The minimum Gasteiger partial charge on any atom is -0.444 e. The van der Waals surface area contributed by atoms with Gasteiger partial charge in [0.2, 0.25) is 0 Å². The Balaban J connectivity index is 2.52. The van der Waals surface area contributed by atoms with Gasteiger partial charge in [-0.2, -0.15) is 0 Å². The van der Waals surface area contributed by atoms with E-state index in [9.17, 15) is 9.59 Å². The topological polar surface area (TPSA) is 58.6 Å². The number of hydrogen-bond acceptors (Lipinski definition) is 4. The second-order valence-electron chi connectivity index (χ2n) is 6.44. The zero-order valence-corrected chi connectivity index (χ0v) is 13.9. The molecule has 1 fully saturated rings. The Hall–Kier alpha value is -2.04. The predicted octanol–water partition coefficient (Wildman–Crippen LogP) is 2.80. The van der Waals surface area contributed by atoms with Crippen molar-refractivity contribution in [2.75, 3.05) is 13.1 Å². The first-order valence-electron chi connectivity index (χ1n) is 7.43. The second kappa shape index (κ2) is 7.82. The highest BCUT2D eigenvalue weighted by molar-refractivity contribution is 5.68. The first-order chi connectivity index (χ1) is 10.2. The van der Waals surface area contributed by atoms with Crippen molar-refractivity contribution >= 4 is 12.4 Å². The average Bonchev–Trinajstić information content (AvgIpc) is 2.31. The van der Waals surface area contributed by atoms with Gasteiger partial charge in [0, 0.05) is 25.2 Å². The molecule has 1 amide bonds. The molecule has 0 bridgehead atoms. The summed E-state index contributed by atoms with van der Waals surface area (Å²) in [7, 11) is 0. The molecule has 0 atom stereocenters. The Labute approximate surface area is 132 Å². The van der Waals surface area contributed by atoms with Gasteiger partial charge in [0.15, 0.2) is 0 Å². The van der Waals surface area contributed by atoms with Crippen LogP contribution < -0.4 is 5.32 Å². The van der Waals surface area contributed by atoms with Crippen LogP contribution in [0.2, 0.25) is 0 Å². The third-order valence-corrected chi connectivity index (χ3v) is 3.06. The van der Waals surface area contributed by atoms with E-state index in [1.807, 2.05) is 39.8 Å². The first kappa shape index (κ1) is 18.0. The van der Waals surface area contributed by atoms with Crippen molar-refractivity contribution < 1.29 is 14.3 Å². The molecule has 1 rings (SSSR count). The van der Waals surface area contributed by atoms with Crippen LogP contribution in [0.15, 0.2) is 36.1 Å². The molecule has 0 radical (unpaired) electrons. The number of carbonyl (C=O) groups excluding carboxylic acids is 2. The first-order valence-corrected chi connectivity index (χ1v) is 7.43. The average molecular weight is 306 g/mol. The number of allylic oxidation sites excluding steroid dienone is 4. The number of rotatable bonds is 6. The van der Waals surface area contributed by atoms with Gasteiger partial charge in [0.05, 0.1) is 6.04 Å². The molecule has 5 nitrogen and oxygen atoms in total. The molecule has 0 aromatic rings. The summed E-state index contributed by atoms with van der Waals surface area (Å²) < 4.78 is 5.23. The van der Waals surface area contributed by atoms with Gasteiger partial charge >= 0.3 is 6.09 Å². The standard InChI is InChI=1S/C17H26N2O3/c1-6-7-15(10-13(2)8-9-20)19-11-14(12-19)18-16(21)22-17(3,4)5/h6-7,9-10,14H,1,8,11-12H2,2-5H3,(H,18,21)/b13-10+,15-7+. The van der Waals surface area contributed by atoms with Crippen LogP contribution in [0.1, 0.15) is 34.1 Å². The lowest BCUT2D eigenvalue weighted by molar-refractivity contribution is -0.107. The highest BCUT2D eigenvalue weighted by Gasteiger charge is 2.30. The van der Waals surface area contributed by atoms with E-state index in [1.54, 1.807) is 6.08 Å². The van der Waals surface area contributed by atoms with Crippen LogP contribution in [0, 0.1) is 0 Å². The van der Waals surface area contributed by atoms with Crippen molar-refractivity contribution in [1.29, 1.82) is 0 Å². The van der Waals surface area contributed by atoms with Crippen molar-refractivity contribution in [1.82, 2.24) is 10.2 Å². The van der Waals surface area contributed by atoms with Gasteiger partial charge in [0.1, 0.15) is 11.9 Å². The number of nitrogens with one attached hydrogen (secondary N) is 1. The monoisotopic (exact) mass is 306 g/mol. The van der Waals surface area contributed by atoms with Crippen LogP contribution in [-0.2, 0) is 9.53 Å². The zero-order valence-electron chi connectivity index (χ0n) is 13.9. The molecular formula is C17H26N2O3. The third-order valence-electron chi connectivity index (χ3n) is 3.06. The largest absolute Gasteiger partial charge is 0.444 e. The summed E-state index contributed by atoms with van der Waals surface area (Å²) in [5, 5.41) is 2.85. The Bertz CT molecular complexity index is 481. The normalized spacial score (nSPS) is 16.8. The van der Waals surface area contributed by atoms with Crippen molar-refractivity contribution in [3.8, 4) is 0 Å². The van der Waals surface area contributed by atoms with Gasteiger partial charge in [-0.05, 0) is 39.8 Å². The number of carbonyl (C=O) groups is 2. The van der Waals surface area contributed by atoms with E-state index in [2.05, 4.69) is 16.8 Å². The van der Waals surface area contributed by atoms with Gasteiger partial charge in [0.25, 0.3) is 0 Å². The van der Waals surface area contributed by atoms with Crippen LogP contribution in [0.25, 0.3) is 0 Å². The number of aldehydes is 1. The van der Waals surface area contributed by atoms with E-state index in [-0.39, 0.29) is 12.1 Å². The quantitative estimate of drug-likeness (QED) is 0.605. The summed E-state index contributed by atoms with van der Waals surface area (Å²) in [5.74, 6) is 0. The third kappa shape index (κ3) is 6.16. The number of likely N-dealkylation sites (tertiary alicyclic amines) is 1. The number of amides is 1. The molecule has 1 aliphatic rings. The van der Waals surface area contributed by atoms with E-state index in [0.717, 1.165) is 17.6 Å². The summed E-state index contributed by atoms with van der Waals surface area (Å²) >= 11 is 0. The van der Waals surface area contributed by atoms with Crippen LogP contribution in [0.3, 0.4) is 0 Å². The molecule has 1 heterocycles. The van der Waals surface area contributed by atoms with E-state index in [1.165, 1.54) is 0 Å². The lowest BCUT2D eigenvalue weighted by Crippen LogP contribution is -2.58. The molecule has 1 saturated heterocycles. The smallest absolute Gasteiger partial charge is 0.407 e. The lowest BCUT2D eigenvalue weighted by atomic mass is 10.1. The van der Waals surface area contributed by atoms with E-state index in [0.29, 0.717) is 19.5 Å². The molecule has 5 heteroatoms. The molecule has 1 aliphatic heterocycles. The van der Waals surface area contributed by atoms with Gasteiger partial charge in [-0.1, -0.05) is 18.2 Å². The number of alkyl carbamates (subject to hydrolysis) is 1. The van der Waals surface area contributed by atoms with Crippen LogP contribution in [0.4, 0.5) is 4.79 Å². The Morgan fingerprint density at radius 3 is 2.55 bits per heavy atom. The SMILES string of the molecule is C=C/C=C(\C=C(/C)CC=O)N1CC(NC(=O)OC(C)(C)C)C1. The molecule has 22 heavy (non-hydrogen) atoms. The summed E-state index contributed by atoms with van der Waals surface area (Å²) in [6, 6.07) is 0.0721. The molecular weight excluding hydrogens is 280 g/mol. The maximum absolute atomic E-state index is 11.7. The second-order valence-corrected chi connectivity index (χ2v) is 6.44. The molecule has 1 N–H and O–H groups in total. The zero-order chi connectivity index (χ0) is 16.8. The minimum absolute atomic E-state index is 0.0721. The summed E-state index contributed by atoms with van der Waals surface area (Å²) in [4.78, 5) is 24.4. The van der Waals surface area contributed by atoms with Gasteiger partial charge in [-0.25, -0.2) is 4.79 Å². The fraction of sp³-hybridized carbons (Fsp3) is 0.529. The van der Waals surface area contributed by atoms with Crippen molar-refractivity contribution in [3.05, 3.63) is 36.1 Å². The number of ether oxygens (including phenoxy) is 1. The maximum atomic E-state index is 11.7. The van der Waals surface area contributed by atoms with Gasteiger partial charge < -0.3 is 19.7 Å². The summed E-state index contributed by atoms with van der Waals surface area (Å²) in [5.41, 5.74) is 1.50. The van der Waals surface area contributed by atoms with Gasteiger partial charge in [-0.3, -0.25) is 0 Å². The van der Waals surface area contributed by atoms with Crippen LogP contribution in [0.5, 0.6) is 0 Å². The Kier molecular flexibility index (Phi) is 6.40. The molecule has 0 spiro atoms. The molecule has 0 saturated carbocycles. The molecule has 122 valence electrons. The van der Waals surface area contributed by atoms with Gasteiger partial charge in [-0.15, -0.1) is 0 Å². The summed E-state index contributed by atoms with van der Waals surface area (Å²) in [6.07, 6.45) is 6.51. The van der Waals surface area contributed by atoms with Crippen molar-refractivity contribution in [2.45, 2.75) is 45.8 Å². The van der Waals surface area contributed by atoms with E-state index < -0.39 is 5.60 Å². The summed E-state index contributed by atoms with van der Waals surface area (Å²) in [6.45, 7) is 12.6. The number of nitrogens with zero attached hydrogens (tertiary/aromatic N) is 1. The maximum Gasteiger partial charge on any atom is 0.407 e. The Morgan fingerprint density at radius 2 is 2.05 bits per heavy atom. The minimum atomic E-state index is -0.490. The predicted molar refractivity (Wildman–Crippen MR) is 87.4 cm³/mol. The number of hydrogen-bond donors (Lipinski definition) is 1. The van der Waals surface area contributed by atoms with Crippen molar-refractivity contribution in [2.24, 2.45) is 0 Å². The molecule has 0 aromatic carbocycles. The molecule has 0 aliphatic carbocycles. The lowest BCUT2D eigenvalue weighted by Gasteiger charge is -2.42. The van der Waals surface area contributed by atoms with E-state index >= 15 is 0 Å². The fourth-order valence-electron chi connectivity index (χ4n) is 2.06. The fourth-order valence-corrected chi connectivity index (χ4v) is 2.06. The molecule has 0 unspecified atom stereocenters. The van der Waals surface area contributed by atoms with Crippen LogP contribution in [-0.4, -0.2) is 42.0 Å². The molecule has 0 aromatic heterocycles. The van der Waals surface area contributed by atoms with E-state index in [4.69, 9.17) is 4.74 Å². The van der Waals surface area contributed by atoms with Crippen LogP contribution >= 0.6 is 0 Å². The van der Waals surface area contributed by atoms with Crippen molar-refractivity contribution in [3.63, 3.8) is 0 Å². The Morgan fingerprint density at radius 1 is 1.41 bits per heavy atom.